The highest BCUT2D eigenvalue weighted by Crippen LogP contribution is 2.67. The second kappa shape index (κ2) is 5.12. The van der Waals surface area contributed by atoms with E-state index in [0.29, 0.717) is 10.8 Å². The number of hydrogen-bond acceptors (Lipinski definition) is 0. The fourth-order valence-corrected chi connectivity index (χ4v) is 7.94. The van der Waals surface area contributed by atoms with Crippen molar-refractivity contribution >= 4 is 0 Å². The molecule has 22 heavy (non-hydrogen) atoms. The van der Waals surface area contributed by atoms with E-state index in [1.165, 1.54) is 57.8 Å². The van der Waals surface area contributed by atoms with Crippen LogP contribution in [0.25, 0.3) is 0 Å². The highest BCUT2D eigenvalue weighted by atomic mass is 14.6. The first-order valence-electron chi connectivity index (χ1n) is 10.2. The Morgan fingerprint density at radius 1 is 0.955 bits per heavy atom. The summed E-state index contributed by atoms with van der Waals surface area (Å²) in [7, 11) is 0. The van der Waals surface area contributed by atoms with E-state index < -0.39 is 0 Å². The van der Waals surface area contributed by atoms with Gasteiger partial charge >= 0.3 is 0 Å². The minimum atomic E-state index is 0.649. The topological polar surface area (TPSA) is 0 Å². The Labute approximate surface area is 138 Å². The quantitative estimate of drug-likeness (QED) is 0.478. The number of fused-ring (bicyclic) bond motifs is 5. The third kappa shape index (κ3) is 1.94. The molecule has 0 aromatic heterocycles. The molecule has 0 saturated heterocycles. The van der Waals surface area contributed by atoms with Gasteiger partial charge in [0.15, 0.2) is 0 Å². The summed E-state index contributed by atoms with van der Waals surface area (Å²) in [5, 5.41) is 0. The second-order valence-corrected chi connectivity index (χ2v) is 9.84. The second-order valence-electron chi connectivity index (χ2n) is 9.84. The molecule has 0 aliphatic heterocycles. The molecule has 0 aromatic rings. The molecule has 0 N–H and O–H groups in total. The van der Waals surface area contributed by atoms with Crippen LogP contribution in [0.3, 0.4) is 0 Å². The molecule has 0 spiro atoms. The van der Waals surface area contributed by atoms with Gasteiger partial charge in [-0.2, -0.15) is 0 Å². The van der Waals surface area contributed by atoms with Crippen LogP contribution in [0.4, 0.5) is 0 Å². The number of allylic oxidation sites excluding steroid dienone is 1. The molecule has 7 atom stereocenters. The van der Waals surface area contributed by atoms with Crippen LogP contribution in [-0.4, -0.2) is 0 Å². The molecule has 0 nitrogen and oxygen atoms in total. The molecule has 4 aliphatic rings. The molecule has 0 heterocycles. The van der Waals surface area contributed by atoms with Crippen molar-refractivity contribution < 1.29 is 0 Å². The van der Waals surface area contributed by atoms with E-state index in [2.05, 4.69) is 27.4 Å². The van der Waals surface area contributed by atoms with Gasteiger partial charge in [-0.15, -0.1) is 0 Å². The highest BCUT2D eigenvalue weighted by molar-refractivity contribution is 5.13. The standard InChI is InChI=1S/C22H36/c1-5-16-7-9-19-18-8-6-17-14-15(2)10-12-22(17,4)20(18)11-13-21(16,19)3/h16-20H,2,5-14H2,1,3-4H3. The first-order valence-corrected chi connectivity index (χ1v) is 10.2. The summed E-state index contributed by atoms with van der Waals surface area (Å²) in [4.78, 5) is 0. The monoisotopic (exact) mass is 300 g/mol. The van der Waals surface area contributed by atoms with Crippen LogP contribution in [0.15, 0.2) is 12.2 Å². The van der Waals surface area contributed by atoms with Gasteiger partial charge in [0.25, 0.3) is 0 Å². The van der Waals surface area contributed by atoms with E-state index in [0.717, 1.165) is 29.6 Å². The lowest BCUT2D eigenvalue weighted by atomic mass is 9.44. The Morgan fingerprint density at radius 3 is 2.50 bits per heavy atom. The summed E-state index contributed by atoms with van der Waals surface area (Å²) in [6.07, 6.45) is 14.7. The zero-order chi connectivity index (χ0) is 15.5. The van der Waals surface area contributed by atoms with Crippen molar-refractivity contribution in [1.82, 2.24) is 0 Å². The van der Waals surface area contributed by atoms with E-state index in [9.17, 15) is 0 Å². The molecule has 0 radical (unpaired) electrons. The minimum absolute atomic E-state index is 0.649. The van der Waals surface area contributed by atoms with Gasteiger partial charge in [-0.25, -0.2) is 0 Å². The Hall–Kier alpha value is -0.260. The van der Waals surface area contributed by atoms with Gasteiger partial charge in [-0.3, -0.25) is 0 Å². The van der Waals surface area contributed by atoms with Crippen molar-refractivity contribution in [1.29, 1.82) is 0 Å². The maximum Gasteiger partial charge on any atom is -0.0260 e. The van der Waals surface area contributed by atoms with Gasteiger partial charge in [0.1, 0.15) is 0 Å². The van der Waals surface area contributed by atoms with Gasteiger partial charge in [-0.1, -0.05) is 39.3 Å². The Bertz CT molecular complexity index is 463. The lowest BCUT2D eigenvalue weighted by molar-refractivity contribution is -0.105. The summed E-state index contributed by atoms with van der Waals surface area (Å²) < 4.78 is 0. The smallest absolute Gasteiger partial charge is 0.0260 e. The molecular formula is C22H36. The fraction of sp³-hybridized carbons (Fsp3) is 0.909. The van der Waals surface area contributed by atoms with Crippen molar-refractivity contribution in [2.45, 2.75) is 85.0 Å². The first kappa shape index (κ1) is 15.3. The van der Waals surface area contributed by atoms with E-state index >= 15 is 0 Å². The molecule has 0 aromatic carbocycles. The van der Waals surface area contributed by atoms with Crippen LogP contribution < -0.4 is 0 Å². The van der Waals surface area contributed by atoms with Gasteiger partial charge in [-0.05, 0) is 98.2 Å². The Balaban J connectivity index is 1.62. The Kier molecular flexibility index (Phi) is 3.55. The lowest BCUT2D eigenvalue weighted by Crippen LogP contribution is -2.52. The van der Waals surface area contributed by atoms with Crippen molar-refractivity contribution in [2.75, 3.05) is 0 Å². The van der Waals surface area contributed by atoms with E-state index in [-0.39, 0.29) is 0 Å². The predicted molar refractivity (Wildman–Crippen MR) is 94.6 cm³/mol. The third-order valence-corrected chi connectivity index (χ3v) is 9.31. The first-order chi connectivity index (χ1) is 10.5. The summed E-state index contributed by atoms with van der Waals surface area (Å²) in [5.41, 5.74) is 2.89. The third-order valence-electron chi connectivity index (χ3n) is 9.31. The summed E-state index contributed by atoms with van der Waals surface area (Å²) >= 11 is 0. The molecular weight excluding hydrogens is 264 g/mol. The maximum absolute atomic E-state index is 4.33. The normalized spacial score (nSPS) is 54.5. The number of rotatable bonds is 1. The SMILES string of the molecule is C=C1CCC2(C)C(CCC3C4CCC(CC)C4(C)CCC32)C1. The molecule has 7 unspecified atom stereocenters. The van der Waals surface area contributed by atoms with Gasteiger partial charge in [0.2, 0.25) is 0 Å². The van der Waals surface area contributed by atoms with Crippen LogP contribution >= 0.6 is 0 Å². The largest absolute Gasteiger partial charge is 0.0999 e. The van der Waals surface area contributed by atoms with Crippen molar-refractivity contribution in [3.63, 3.8) is 0 Å². The average molecular weight is 301 g/mol. The zero-order valence-corrected chi connectivity index (χ0v) is 15.2. The van der Waals surface area contributed by atoms with Crippen molar-refractivity contribution in [2.24, 2.45) is 40.4 Å². The van der Waals surface area contributed by atoms with Gasteiger partial charge < -0.3 is 0 Å². The molecule has 0 amide bonds. The minimum Gasteiger partial charge on any atom is -0.0999 e. The van der Waals surface area contributed by atoms with Crippen LogP contribution in [0.1, 0.15) is 85.0 Å². The molecule has 4 rings (SSSR count). The van der Waals surface area contributed by atoms with Crippen LogP contribution in [0.2, 0.25) is 0 Å². The van der Waals surface area contributed by atoms with E-state index in [1.54, 1.807) is 12.0 Å². The van der Waals surface area contributed by atoms with E-state index in [4.69, 9.17) is 0 Å². The summed E-state index contributed by atoms with van der Waals surface area (Å²) in [5.74, 6) is 5.13. The van der Waals surface area contributed by atoms with Gasteiger partial charge in [0.05, 0.1) is 0 Å². The van der Waals surface area contributed by atoms with Crippen LogP contribution in [-0.2, 0) is 0 Å². The van der Waals surface area contributed by atoms with E-state index in [1.807, 2.05) is 0 Å². The molecule has 4 aliphatic carbocycles. The predicted octanol–water partition coefficient (Wildman–Crippen LogP) is 6.61. The molecule has 4 fully saturated rings. The van der Waals surface area contributed by atoms with Gasteiger partial charge in [0, 0.05) is 0 Å². The zero-order valence-electron chi connectivity index (χ0n) is 15.2. The fourth-order valence-electron chi connectivity index (χ4n) is 7.94. The lowest BCUT2D eigenvalue weighted by Gasteiger charge is -2.60. The van der Waals surface area contributed by atoms with Crippen LogP contribution in [0.5, 0.6) is 0 Å². The molecule has 0 bridgehead atoms. The summed E-state index contributed by atoms with van der Waals surface area (Å²) in [6, 6.07) is 0. The summed E-state index contributed by atoms with van der Waals surface area (Å²) in [6.45, 7) is 12.1. The maximum atomic E-state index is 4.33. The molecule has 124 valence electrons. The van der Waals surface area contributed by atoms with Crippen LogP contribution in [0, 0.1) is 40.4 Å². The van der Waals surface area contributed by atoms with Crippen molar-refractivity contribution in [3.8, 4) is 0 Å². The molecule has 4 saturated carbocycles. The highest BCUT2D eigenvalue weighted by Gasteiger charge is 2.59. The number of hydrogen-bond donors (Lipinski definition) is 0. The van der Waals surface area contributed by atoms with Crippen molar-refractivity contribution in [3.05, 3.63) is 12.2 Å². The average Bonchev–Trinajstić information content (AvgIpc) is 2.84. The molecule has 0 heteroatoms. The Morgan fingerprint density at radius 2 is 1.73 bits per heavy atom.